The number of anilines is 1. The van der Waals surface area contributed by atoms with Gasteiger partial charge in [-0.25, -0.2) is 0 Å². The molecule has 3 rings (SSSR count). The Morgan fingerprint density at radius 2 is 1.88 bits per heavy atom. The van der Waals surface area contributed by atoms with Gasteiger partial charge in [-0.05, 0) is 37.1 Å². The Kier molecular flexibility index (Phi) is 5.13. The molecule has 6 heteroatoms. The molecule has 0 bridgehead atoms. The van der Waals surface area contributed by atoms with Gasteiger partial charge in [0.25, 0.3) is 0 Å². The maximum atomic E-state index is 12.4. The predicted octanol–water partition coefficient (Wildman–Crippen LogP) is 2.82. The summed E-state index contributed by atoms with van der Waals surface area (Å²) in [5.74, 6) is 2.01. The van der Waals surface area contributed by atoms with Crippen LogP contribution < -0.4 is 4.90 Å². The van der Waals surface area contributed by atoms with Crippen molar-refractivity contribution in [2.24, 2.45) is 5.92 Å². The monoisotopic (exact) mass is 328 g/mol. The topological polar surface area (TPSA) is 62.5 Å². The maximum Gasteiger partial charge on any atom is 0.225 e. The second-order valence-electron chi connectivity index (χ2n) is 6.08. The van der Waals surface area contributed by atoms with Gasteiger partial charge in [0, 0.05) is 32.1 Å². The predicted molar refractivity (Wildman–Crippen MR) is 92.6 cm³/mol. The van der Waals surface area contributed by atoms with E-state index in [0.717, 1.165) is 56.3 Å². The number of piperazine rings is 1. The number of carbonyl (C=O) groups is 1. The fourth-order valence-electron chi connectivity index (χ4n) is 3.10. The van der Waals surface area contributed by atoms with Crippen molar-refractivity contribution >= 4 is 11.7 Å². The molecule has 1 saturated heterocycles. The van der Waals surface area contributed by atoms with E-state index in [9.17, 15) is 4.79 Å². The molecule has 128 valence electrons. The molecule has 24 heavy (non-hydrogen) atoms. The molecule has 6 nitrogen and oxygen atoms in total. The Balaban J connectivity index is 1.59. The van der Waals surface area contributed by atoms with Crippen molar-refractivity contribution in [3.63, 3.8) is 0 Å². The zero-order valence-electron chi connectivity index (χ0n) is 14.3. The number of rotatable bonds is 5. The van der Waals surface area contributed by atoms with Crippen LogP contribution in [0.5, 0.6) is 0 Å². The molecule has 0 N–H and O–H groups in total. The van der Waals surface area contributed by atoms with E-state index in [1.165, 1.54) is 0 Å². The number of hydrogen-bond donors (Lipinski definition) is 0. The van der Waals surface area contributed by atoms with Gasteiger partial charge in [0.15, 0.2) is 11.6 Å². The van der Waals surface area contributed by atoms with Crippen LogP contribution in [0.4, 0.5) is 5.82 Å². The first-order valence-electron chi connectivity index (χ1n) is 8.64. The zero-order chi connectivity index (χ0) is 16.9. The number of aromatic nitrogens is 2. The third-order valence-electron chi connectivity index (χ3n) is 4.67. The van der Waals surface area contributed by atoms with Gasteiger partial charge in [-0.1, -0.05) is 13.8 Å². The highest BCUT2D eigenvalue weighted by Gasteiger charge is 2.26. The van der Waals surface area contributed by atoms with Crippen LogP contribution in [0.2, 0.25) is 0 Å². The van der Waals surface area contributed by atoms with Crippen molar-refractivity contribution in [1.82, 2.24) is 15.1 Å². The molecule has 0 aliphatic carbocycles. The van der Waals surface area contributed by atoms with E-state index in [1.54, 1.807) is 6.26 Å². The molecule has 3 heterocycles. The fraction of sp³-hybridized carbons (Fsp3) is 0.500. The van der Waals surface area contributed by atoms with Gasteiger partial charge < -0.3 is 14.2 Å². The number of hydrogen-bond acceptors (Lipinski definition) is 5. The molecule has 0 atom stereocenters. The second kappa shape index (κ2) is 7.47. The Morgan fingerprint density at radius 3 is 2.42 bits per heavy atom. The highest BCUT2D eigenvalue weighted by Crippen LogP contribution is 2.20. The molecule has 1 fully saturated rings. The lowest BCUT2D eigenvalue weighted by atomic mass is 10.0. The minimum atomic E-state index is 0.156. The normalized spacial score (nSPS) is 15.1. The molecule has 2 aromatic heterocycles. The first kappa shape index (κ1) is 16.5. The van der Waals surface area contributed by atoms with Crippen LogP contribution in [0.15, 0.2) is 34.9 Å². The molecule has 0 unspecified atom stereocenters. The Hall–Kier alpha value is -2.37. The van der Waals surface area contributed by atoms with Crippen molar-refractivity contribution < 1.29 is 9.21 Å². The Bertz CT molecular complexity index is 642. The highest BCUT2D eigenvalue weighted by atomic mass is 16.3. The van der Waals surface area contributed by atoms with E-state index in [2.05, 4.69) is 28.9 Å². The van der Waals surface area contributed by atoms with Crippen molar-refractivity contribution in [3.8, 4) is 11.5 Å². The van der Waals surface area contributed by atoms with Crippen LogP contribution in [0.3, 0.4) is 0 Å². The number of nitrogens with zero attached hydrogens (tertiary/aromatic N) is 4. The fourth-order valence-corrected chi connectivity index (χ4v) is 3.10. The summed E-state index contributed by atoms with van der Waals surface area (Å²) in [7, 11) is 0. The molecule has 0 saturated carbocycles. The minimum absolute atomic E-state index is 0.156. The molecule has 2 aromatic rings. The third kappa shape index (κ3) is 3.42. The van der Waals surface area contributed by atoms with Crippen molar-refractivity contribution in [1.29, 1.82) is 0 Å². The molecular weight excluding hydrogens is 304 g/mol. The Morgan fingerprint density at radius 1 is 1.12 bits per heavy atom. The van der Waals surface area contributed by atoms with Crippen LogP contribution >= 0.6 is 0 Å². The van der Waals surface area contributed by atoms with E-state index in [-0.39, 0.29) is 5.92 Å². The average Bonchev–Trinajstić information content (AvgIpc) is 3.18. The molecule has 1 aliphatic rings. The molecule has 0 radical (unpaired) electrons. The van der Waals surface area contributed by atoms with Crippen LogP contribution in [-0.2, 0) is 4.79 Å². The molecular formula is C18H24N4O2. The smallest absolute Gasteiger partial charge is 0.225 e. The SMILES string of the molecule is CCC(CC)C(=O)N1CCN(c2ccc(-c3ccco3)nn2)CC1. The van der Waals surface area contributed by atoms with Crippen LogP contribution in [0, 0.1) is 5.92 Å². The first-order valence-corrected chi connectivity index (χ1v) is 8.64. The number of carbonyl (C=O) groups excluding carboxylic acids is 1. The van der Waals surface area contributed by atoms with E-state index in [4.69, 9.17) is 4.42 Å². The summed E-state index contributed by atoms with van der Waals surface area (Å²) in [6.45, 7) is 7.24. The molecule has 1 amide bonds. The van der Waals surface area contributed by atoms with Crippen LogP contribution in [-0.4, -0.2) is 47.2 Å². The van der Waals surface area contributed by atoms with Crippen LogP contribution in [0.25, 0.3) is 11.5 Å². The molecule has 0 aromatic carbocycles. The third-order valence-corrected chi connectivity index (χ3v) is 4.67. The maximum absolute atomic E-state index is 12.4. The lowest BCUT2D eigenvalue weighted by Crippen LogP contribution is -2.50. The van der Waals surface area contributed by atoms with Gasteiger partial charge >= 0.3 is 0 Å². The summed E-state index contributed by atoms with van der Waals surface area (Å²) < 4.78 is 5.33. The summed E-state index contributed by atoms with van der Waals surface area (Å²) in [5.41, 5.74) is 0.728. The van der Waals surface area contributed by atoms with E-state index >= 15 is 0 Å². The summed E-state index contributed by atoms with van der Waals surface area (Å²) in [5, 5.41) is 8.55. The molecule has 1 aliphatic heterocycles. The van der Waals surface area contributed by atoms with E-state index < -0.39 is 0 Å². The van der Waals surface area contributed by atoms with Gasteiger partial charge in [-0.15, -0.1) is 10.2 Å². The zero-order valence-corrected chi connectivity index (χ0v) is 14.3. The van der Waals surface area contributed by atoms with Gasteiger partial charge in [0.1, 0.15) is 5.69 Å². The van der Waals surface area contributed by atoms with Gasteiger partial charge in [0.05, 0.1) is 6.26 Å². The van der Waals surface area contributed by atoms with Gasteiger partial charge in [0.2, 0.25) is 5.91 Å². The average molecular weight is 328 g/mol. The summed E-state index contributed by atoms with van der Waals surface area (Å²) in [6.07, 6.45) is 3.45. The summed E-state index contributed by atoms with van der Waals surface area (Å²) in [4.78, 5) is 16.6. The van der Waals surface area contributed by atoms with Crippen LogP contribution in [0.1, 0.15) is 26.7 Å². The lowest BCUT2D eigenvalue weighted by Gasteiger charge is -2.36. The van der Waals surface area contributed by atoms with Crippen molar-refractivity contribution in [2.75, 3.05) is 31.1 Å². The quantitative estimate of drug-likeness (QED) is 0.844. The van der Waals surface area contributed by atoms with E-state index in [1.807, 2.05) is 29.2 Å². The van der Waals surface area contributed by atoms with Gasteiger partial charge in [-0.3, -0.25) is 4.79 Å². The lowest BCUT2D eigenvalue weighted by molar-refractivity contribution is -0.136. The molecule has 0 spiro atoms. The Labute approximate surface area is 142 Å². The van der Waals surface area contributed by atoms with E-state index in [0.29, 0.717) is 5.91 Å². The number of amides is 1. The number of furan rings is 1. The van der Waals surface area contributed by atoms with Crippen molar-refractivity contribution in [2.45, 2.75) is 26.7 Å². The standard InChI is InChI=1S/C18H24N4O2/c1-3-14(4-2)18(23)22-11-9-21(10-12-22)17-8-7-15(19-20-17)16-6-5-13-24-16/h5-8,13-14H,3-4,9-12H2,1-2H3. The van der Waals surface area contributed by atoms with Gasteiger partial charge in [-0.2, -0.15) is 0 Å². The largest absolute Gasteiger partial charge is 0.463 e. The minimum Gasteiger partial charge on any atom is -0.463 e. The highest BCUT2D eigenvalue weighted by molar-refractivity contribution is 5.79. The summed E-state index contributed by atoms with van der Waals surface area (Å²) >= 11 is 0. The second-order valence-corrected chi connectivity index (χ2v) is 6.08. The van der Waals surface area contributed by atoms with Crippen molar-refractivity contribution in [3.05, 3.63) is 30.5 Å². The first-order chi connectivity index (χ1) is 11.7. The summed E-state index contributed by atoms with van der Waals surface area (Å²) in [6, 6.07) is 7.58.